The lowest BCUT2D eigenvalue weighted by atomic mass is 10.2. The number of nitrogens with two attached hydrogens (primary N) is 2. The first-order valence-corrected chi connectivity index (χ1v) is 5.15. The van der Waals surface area contributed by atoms with E-state index >= 15 is 0 Å². The lowest BCUT2D eigenvalue weighted by Gasteiger charge is -2.11. The molecular formula is C8H14N4OS. The first-order chi connectivity index (χ1) is 6.56. The van der Waals surface area contributed by atoms with E-state index in [1.807, 2.05) is 13.8 Å². The van der Waals surface area contributed by atoms with E-state index in [4.69, 9.17) is 11.5 Å². The fraction of sp³-hybridized carbons (Fsp3) is 0.500. The number of primary amides is 1. The highest BCUT2D eigenvalue weighted by molar-refractivity contribution is 7.11. The molecule has 14 heavy (non-hydrogen) atoms. The molecule has 0 saturated heterocycles. The second kappa shape index (κ2) is 4.28. The van der Waals surface area contributed by atoms with Gasteiger partial charge in [-0.05, 0) is 24.9 Å². The van der Waals surface area contributed by atoms with Crippen LogP contribution in [0.5, 0.6) is 0 Å². The van der Waals surface area contributed by atoms with Gasteiger partial charge in [0, 0.05) is 6.04 Å². The highest BCUT2D eigenvalue weighted by Crippen LogP contribution is 2.26. The predicted molar refractivity (Wildman–Crippen MR) is 58.4 cm³/mol. The summed E-state index contributed by atoms with van der Waals surface area (Å²) in [6.45, 7) is 4.06. The number of aromatic nitrogens is 1. The summed E-state index contributed by atoms with van der Waals surface area (Å²) in [5.74, 6) is -0.338. The van der Waals surface area contributed by atoms with Crippen LogP contribution in [0.4, 0.5) is 10.8 Å². The van der Waals surface area contributed by atoms with E-state index in [-0.39, 0.29) is 11.9 Å². The van der Waals surface area contributed by atoms with E-state index in [2.05, 4.69) is 9.69 Å². The molecule has 0 aromatic carbocycles. The van der Waals surface area contributed by atoms with Crippen LogP contribution in [-0.2, 0) is 0 Å². The van der Waals surface area contributed by atoms with Gasteiger partial charge >= 0.3 is 0 Å². The van der Waals surface area contributed by atoms with Crippen molar-refractivity contribution >= 4 is 28.3 Å². The molecule has 1 aromatic rings. The fourth-order valence-corrected chi connectivity index (χ4v) is 1.80. The van der Waals surface area contributed by atoms with E-state index in [1.165, 1.54) is 0 Å². The topological polar surface area (TPSA) is 94.0 Å². The minimum Gasteiger partial charge on any atom is -0.382 e. The van der Waals surface area contributed by atoms with Gasteiger partial charge in [-0.1, -0.05) is 6.92 Å². The molecule has 0 aliphatic carbocycles. The second-order valence-corrected chi connectivity index (χ2v) is 3.86. The number of nitrogens with one attached hydrogen (secondary N) is 1. The molecule has 1 rings (SSSR count). The van der Waals surface area contributed by atoms with Crippen LogP contribution in [0.25, 0.3) is 0 Å². The van der Waals surface area contributed by atoms with Gasteiger partial charge in [-0.3, -0.25) is 4.79 Å². The van der Waals surface area contributed by atoms with E-state index < -0.39 is 5.91 Å². The molecule has 0 radical (unpaired) electrons. The summed E-state index contributed by atoms with van der Waals surface area (Å²) in [7, 11) is 0. The highest BCUT2D eigenvalue weighted by atomic mass is 32.1. The van der Waals surface area contributed by atoms with Crippen LogP contribution in [0.15, 0.2) is 0 Å². The van der Waals surface area contributed by atoms with E-state index in [1.54, 1.807) is 0 Å². The molecule has 0 fully saturated rings. The molecule has 0 bridgehead atoms. The van der Waals surface area contributed by atoms with Crippen LogP contribution in [-0.4, -0.2) is 16.3 Å². The van der Waals surface area contributed by atoms with Crippen molar-refractivity contribution in [2.45, 2.75) is 26.3 Å². The van der Waals surface area contributed by atoms with Crippen LogP contribution in [0.2, 0.25) is 0 Å². The van der Waals surface area contributed by atoms with Gasteiger partial charge in [0.05, 0.1) is 0 Å². The number of anilines is 2. The van der Waals surface area contributed by atoms with E-state index in [9.17, 15) is 4.79 Å². The molecule has 0 saturated carbocycles. The van der Waals surface area contributed by atoms with Crippen LogP contribution in [0, 0.1) is 0 Å². The molecular weight excluding hydrogens is 200 g/mol. The number of nitrogen functional groups attached to an aromatic ring is 1. The summed E-state index contributed by atoms with van der Waals surface area (Å²) < 4.78 is 3.88. The summed E-state index contributed by atoms with van der Waals surface area (Å²) in [5.41, 5.74) is 11.0. The highest BCUT2D eigenvalue weighted by Gasteiger charge is 2.17. The Balaban J connectivity index is 2.92. The number of hydrogen-bond acceptors (Lipinski definition) is 5. The molecule has 5 nitrogen and oxygen atoms in total. The molecule has 1 amide bonds. The summed E-state index contributed by atoms with van der Waals surface area (Å²) in [4.78, 5) is 11.0. The van der Waals surface area contributed by atoms with Crippen LogP contribution >= 0.6 is 11.5 Å². The number of nitrogens with zero attached hydrogens (tertiary/aromatic N) is 1. The van der Waals surface area contributed by atoms with Gasteiger partial charge in [0.2, 0.25) is 0 Å². The Hall–Kier alpha value is -1.30. The molecule has 0 aliphatic rings. The van der Waals surface area contributed by atoms with Gasteiger partial charge in [0.1, 0.15) is 10.6 Å². The zero-order valence-corrected chi connectivity index (χ0v) is 9.02. The van der Waals surface area contributed by atoms with Crippen molar-refractivity contribution in [3.8, 4) is 0 Å². The van der Waals surface area contributed by atoms with Crippen LogP contribution in [0.1, 0.15) is 30.6 Å². The Kier molecular flexibility index (Phi) is 3.29. The summed E-state index contributed by atoms with van der Waals surface area (Å²) in [6.07, 6.45) is 0.954. The van der Waals surface area contributed by atoms with Crippen molar-refractivity contribution in [1.82, 2.24) is 4.37 Å². The SMILES string of the molecule is CCC(C)Nc1snc(N)c1C(N)=O. The maximum Gasteiger partial charge on any atom is 0.255 e. The molecule has 1 unspecified atom stereocenters. The van der Waals surface area contributed by atoms with Gasteiger partial charge in [0.15, 0.2) is 5.82 Å². The average Bonchev–Trinajstić information content (AvgIpc) is 2.46. The summed E-state index contributed by atoms with van der Waals surface area (Å²) in [6, 6.07) is 0.271. The number of carbonyl (C=O) groups is 1. The molecule has 5 N–H and O–H groups in total. The quantitative estimate of drug-likeness (QED) is 0.697. The second-order valence-electron chi connectivity index (χ2n) is 3.09. The Morgan fingerprint density at radius 1 is 1.71 bits per heavy atom. The summed E-state index contributed by atoms with van der Waals surface area (Å²) in [5, 5.41) is 3.79. The normalized spacial score (nSPS) is 12.4. The lowest BCUT2D eigenvalue weighted by molar-refractivity contribution is 0.100. The van der Waals surface area contributed by atoms with Gasteiger partial charge in [-0.15, -0.1) is 0 Å². The molecule has 1 atom stereocenters. The molecule has 6 heteroatoms. The standard InChI is InChI=1S/C8H14N4OS/c1-3-4(2)11-8-5(7(10)13)6(9)12-14-8/h4,11H,3H2,1-2H3,(H2,9,12)(H2,10,13). The van der Waals surface area contributed by atoms with Gasteiger partial charge in [-0.25, -0.2) is 0 Å². The number of amides is 1. The third-order valence-corrected chi connectivity index (χ3v) is 2.75. The maximum absolute atomic E-state index is 11.0. The van der Waals surface area contributed by atoms with Crippen molar-refractivity contribution < 1.29 is 4.79 Å². The molecule has 0 spiro atoms. The molecule has 1 heterocycles. The third-order valence-electron chi connectivity index (χ3n) is 1.95. The largest absolute Gasteiger partial charge is 0.382 e. The van der Waals surface area contributed by atoms with Crippen LogP contribution in [0.3, 0.4) is 0 Å². The van der Waals surface area contributed by atoms with Gasteiger partial charge in [-0.2, -0.15) is 4.37 Å². The van der Waals surface area contributed by atoms with Gasteiger partial charge in [0.25, 0.3) is 5.91 Å². The van der Waals surface area contributed by atoms with Crippen molar-refractivity contribution in [1.29, 1.82) is 0 Å². The average molecular weight is 214 g/mol. The molecule has 1 aromatic heterocycles. The molecule has 0 aliphatic heterocycles. The zero-order valence-electron chi connectivity index (χ0n) is 8.20. The minimum absolute atomic E-state index is 0.202. The maximum atomic E-state index is 11.0. The number of hydrogen-bond donors (Lipinski definition) is 3. The van der Waals surface area contributed by atoms with Crippen molar-refractivity contribution in [2.24, 2.45) is 5.73 Å². The number of rotatable bonds is 4. The minimum atomic E-state index is -0.540. The fourth-order valence-electron chi connectivity index (χ4n) is 0.965. The Bertz CT molecular complexity index is 336. The Morgan fingerprint density at radius 2 is 2.36 bits per heavy atom. The van der Waals surface area contributed by atoms with Crippen molar-refractivity contribution in [3.05, 3.63) is 5.56 Å². The Morgan fingerprint density at radius 3 is 2.86 bits per heavy atom. The van der Waals surface area contributed by atoms with Gasteiger partial charge < -0.3 is 16.8 Å². The monoisotopic (exact) mass is 214 g/mol. The zero-order chi connectivity index (χ0) is 10.7. The molecule has 78 valence electrons. The van der Waals surface area contributed by atoms with Crippen molar-refractivity contribution in [3.63, 3.8) is 0 Å². The Labute approximate surface area is 86.6 Å². The van der Waals surface area contributed by atoms with Crippen molar-refractivity contribution in [2.75, 3.05) is 11.1 Å². The lowest BCUT2D eigenvalue weighted by Crippen LogP contribution is -2.18. The first-order valence-electron chi connectivity index (χ1n) is 4.37. The first kappa shape index (κ1) is 10.8. The smallest absolute Gasteiger partial charge is 0.255 e. The van der Waals surface area contributed by atoms with E-state index in [0.717, 1.165) is 18.0 Å². The van der Waals surface area contributed by atoms with Crippen LogP contribution < -0.4 is 16.8 Å². The summed E-state index contributed by atoms with van der Waals surface area (Å²) >= 11 is 1.16. The van der Waals surface area contributed by atoms with E-state index in [0.29, 0.717) is 10.6 Å². The predicted octanol–water partition coefficient (Wildman–Crippen LogP) is 1.03. The third kappa shape index (κ3) is 2.14. The number of carbonyl (C=O) groups excluding carboxylic acids is 1.